The Morgan fingerprint density at radius 1 is 1.10 bits per heavy atom. The fraction of sp³-hybridized carbons (Fsp3) is 0.364. The normalized spacial score (nSPS) is 16.3. The van der Waals surface area contributed by atoms with Gasteiger partial charge in [-0.1, -0.05) is 42.4 Å². The summed E-state index contributed by atoms with van der Waals surface area (Å²) in [6, 6.07) is 12.8. The summed E-state index contributed by atoms with van der Waals surface area (Å²) in [6.07, 6.45) is 2.47. The Bertz CT molecular complexity index is 1130. The van der Waals surface area contributed by atoms with Crippen LogP contribution in [-0.2, 0) is 6.42 Å². The van der Waals surface area contributed by atoms with Crippen molar-refractivity contribution in [3.8, 4) is 10.4 Å². The van der Waals surface area contributed by atoms with Crippen LogP contribution in [0.15, 0.2) is 47.2 Å². The summed E-state index contributed by atoms with van der Waals surface area (Å²) in [4.78, 5) is 20.7. The number of aryl methyl sites for hydroxylation is 1. The number of fused-ring (bicyclic) bond motifs is 1. The van der Waals surface area contributed by atoms with Gasteiger partial charge in [-0.25, -0.2) is 9.97 Å². The molecular formula is C22H24N6OS. The van der Waals surface area contributed by atoms with E-state index < -0.39 is 0 Å². The van der Waals surface area contributed by atoms with Gasteiger partial charge >= 0.3 is 0 Å². The summed E-state index contributed by atoms with van der Waals surface area (Å²) in [6.45, 7) is 7.83. The molecule has 30 heavy (non-hydrogen) atoms. The molecule has 1 atom stereocenters. The first-order valence-corrected chi connectivity index (χ1v) is 11.2. The van der Waals surface area contributed by atoms with E-state index in [1.165, 1.54) is 10.4 Å². The largest absolute Gasteiger partial charge is 0.353 e. The van der Waals surface area contributed by atoms with Gasteiger partial charge in [-0.05, 0) is 18.6 Å². The molecule has 4 heterocycles. The Labute approximate surface area is 179 Å². The smallest absolute Gasteiger partial charge is 0.243 e. The lowest BCUT2D eigenvalue weighted by atomic mass is 10.1. The van der Waals surface area contributed by atoms with Crippen LogP contribution < -0.4 is 4.90 Å². The number of anilines is 1. The zero-order chi connectivity index (χ0) is 20.5. The highest BCUT2D eigenvalue weighted by molar-refractivity contribution is 7.21. The summed E-state index contributed by atoms with van der Waals surface area (Å²) >= 11 is 1.72. The summed E-state index contributed by atoms with van der Waals surface area (Å²) in [7, 11) is 0. The van der Waals surface area contributed by atoms with Crippen LogP contribution in [0.3, 0.4) is 0 Å². The minimum atomic E-state index is 0.121. The molecule has 0 amide bonds. The van der Waals surface area contributed by atoms with Gasteiger partial charge in [0.05, 0.1) is 11.4 Å². The van der Waals surface area contributed by atoms with Crippen LogP contribution >= 0.6 is 11.3 Å². The van der Waals surface area contributed by atoms with Gasteiger partial charge in [-0.15, -0.1) is 11.3 Å². The van der Waals surface area contributed by atoms with E-state index in [-0.39, 0.29) is 6.04 Å². The van der Waals surface area contributed by atoms with E-state index in [1.54, 1.807) is 17.7 Å². The topological polar surface area (TPSA) is 71.2 Å². The van der Waals surface area contributed by atoms with Crippen LogP contribution in [0.4, 0.5) is 5.82 Å². The van der Waals surface area contributed by atoms with Gasteiger partial charge in [-0.3, -0.25) is 4.90 Å². The van der Waals surface area contributed by atoms with E-state index in [4.69, 9.17) is 4.52 Å². The Balaban J connectivity index is 1.34. The molecule has 0 N–H and O–H groups in total. The molecule has 5 rings (SSSR count). The third kappa shape index (κ3) is 3.57. The van der Waals surface area contributed by atoms with Crippen molar-refractivity contribution in [3.05, 3.63) is 54.4 Å². The van der Waals surface area contributed by atoms with Crippen molar-refractivity contribution in [2.24, 2.45) is 0 Å². The molecule has 0 aliphatic carbocycles. The first-order chi connectivity index (χ1) is 14.7. The van der Waals surface area contributed by atoms with E-state index in [0.717, 1.165) is 54.5 Å². The predicted molar refractivity (Wildman–Crippen MR) is 119 cm³/mol. The van der Waals surface area contributed by atoms with Gasteiger partial charge in [0.15, 0.2) is 5.82 Å². The molecule has 0 bridgehead atoms. The predicted octanol–water partition coefficient (Wildman–Crippen LogP) is 4.19. The minimum absolute atomic E-state index is 0.121. The Hall–Kier alpha value is -2.84. The number of aromatic nitrogens is 4. The number of rotatable bonds is 5. The fourth-order valence-corrected chi connectivity index (χ4v) is 4.90. The van der Waals surface area contributed by atoms with Crippen molar-refractivity contribution in [2.45, 2.75) is 26.3 Å². The second-order valence-corrected chi connectivity index (χ2v) is 8.52. The highest BCUT2D eigenvalue weighted by Gasteiger charge is 2.27. The van der Waals surface area contributed by atoms with Gasteiger partial charge in [0.2, 0.25) is 5.89 Å². The third-order valence-electron chi connectivity index (χ3n) is 5.69. The average Bonchev–Trinajstić information content (AvgIpc) is 3.46. The maximum Gasteiger partial charge on any atom is 0.243 e. The number of hydrogen-bond acceptors (Lipinski definition) is 8. The maximum absolute atomic E-state index is 5.45. The van der Waals surface area contributed by atoms with Gasteiger partial charge in [0, 0.05) is 37.5 Å². The van der Waals surface area contributed by atoms with Crippen molar-refractivity contribution >= 4 is 27.4 Å². The number of benzene rings is 1. The molecule has 0 spiro atoms. The first-order valence-electron chi connectivity index (χ1n) is 10.3. The maximum atomic E-state index is 5.45. The molecule has 1 saturated heterocycles. The molecule has 1 aromatic carbocycles. The van der Waals surface area contributed by atoms with E-state index >= 15 is 0 Å². The Kier molecular flexibility index (Phi) is 5.18. The van der Waals surface area contributed by atoms with Crippen molar-refractivity contribution < 1.29 is 4.52 Å². The van der Waals surface area contributed by atoms with Crippen LogP contribution in [0.1, 0.15) is 31.6 Å². The number of piperazine rings is 1. The SMILES string of the molecule is CCc1noc(C(C)N2CCN(c3ncnc4sc(-c5ccccc5)cc34)CC2)n1. The number of hydrogen-bond donors (Lipinski definition) is 0. The van der Waals surface area contributed by atoms with Crippen LogP contribution in [-0.4, -0.2) is 51.2 Å². The average molecular weight is 421 g/mol. The summed E-state index contributed by atoms with van der Waals surface area (Å²) in [5, 5.41) is 5.17. The minimum Gasteiger partial charge on any atom is -0.353 e. The van der Waals surface area contributed by atoms with E-state index in [9.17, 15) is 0 Å². The monoisotopic (exact) mass is 420 g/mol. The highest BCUT2D eigenvalue weighted by Crippen LogP contribution is 2.36. The molecule has 4 aromatic rings. The molecule has 1 fully saturated rings. The zero-order valence-corrected chi connectivity index (χ0v) is 18.0. The van der Waals surface area contributed by atoms with Gasteiger partial charge in [0.25, 0.3) is 0 Å². The molecule has 7 nitrogen and oxygen atoms in total. The molecule has 3 aromatic heterocycles. The molecule has 1 aliphatic heterocycles. The quantitative estimate of drug-likeness (QED) is 0.479. The molecule has 0 radical (unpaired) electrons. The Morgan fingerprint density at radius 3 is 2.63 bits per heavy atom. The number of nitrogens with zero attached hydrogens (tertiary/aromatic N) is 6. The van der Waals surface area contributed by atoms with Crippen LogP contribution in [0.25, 0.3) is 20.7 Å². The zero-order valence-electron chi connectivity index (χ0n) is 17.2. The van der Waals surface area contributed by atoms with E-state index in [2.05, 4.69) is 67.2 Å². The summed E-state index contributed by atoms with van der Waals surface area (Å²) in [5.74, 6) is 2.50. The molecule has 154 valence electrons. The molecule has 1 unspecified atom stereocenters. The molecule has 0 saturated carbocycles. The molecular weight excluding hydrogens is 396 g/mol. The highest BCUT2D eigenvalue weighted by atomic mass is 32.1. The standard InChI is InChI=1S/C22H24N6OS/c1-3-19-25-21(29-26-19)15(2)27-9-11-28(12-10-27)20-17-13-18(16-7-5-4-6-8-16)30-22(17)24-14-23-20/h4-8,13-15H,3,9-12H2,1-2H3. The second-order valence-electron chi connectivity index (χ2n) is 7.49. The second kappa shape index (κ2) is 8.12. The van der Waals surface area contributed by atoms with Crippen LogP contribution in [0.2, 0.25) is 0 Å². The van der Waals surface area contributed by atoms with Crippen molar-refractivity contribution in [1.82, 2.24) is 25.0 Å². The van der Waals surface area contributed by atoms with E-state index in [0.29, 0.717) is 5.89 Å². The van der Waals surface area contributed by atoms with Crippen molar-refractivity contribution in [2.75, 3.05) is 31.1 Å². The molecule has 8 heteroatoms. The Morgan fingerprint density at radius 2 is 1.90 bits per heavy atom. The van der Waals surface area contributed by atoms with Gasteiger partial charge in [0.1, 0.15) is 17.0 Å². The van der Waals surface area contributed by atoms with Crippen LogP contribution in [0.5, 0.6) is 0 Å². The lowest BCUT2D eigenvalue weighted by Gasteiger charge is -2.37. The van der Waals surface area contributed by atoms with E-state index in [1.807, 2.05) is 13.0 Å². The number of thiophene rings is 1. The van der Waals surface area contributed by atoms with Crippen LogP contribution in [0, 0.1) is 0 Å². The van der Waals surface area contributed by atoms with Crippen molar-refractivity contribution in [3.63, 3.8) is 0 Å². The van der Waals surface area contributed by atoms with Crippen molar-refractivity contribution in [1.29, 1.82) is 0 Å². The summed E-state index contributed by atoms with van der Waals surface area (Å²) < 4.78 is 5.45. The lowest BCUT2D eigenvalue weighted by Crippen LogP contribution is -2.47. The van der Waals surface area contributed by atoms with Gasteiger partial charge < -0.3 is 9.42 Å². The fourth-order valence-electron chi connectivity index (χ4n) is 3.90. The first kappa shape index (κ1) is 19.1. The summed E-state index contributed by atoms with van der Waals surface area (Å²) in [5.41, 5.74) is 1.22. The third-order valence-corrected chi connectivity index (χ3v) is 6.78. The lowest BCUT2D eigenvalue weighted by molar-refractivity contribution is 0.164. The molecule has 1 aliphatic rings. The van der Waals surface area contributed by atoms with Gasteiger partial charge in [-0.2, -0.15) is 4.98 Å².